The Morgan fingerprint density at radius 1 is 0.556 bits per heavy atom. The van der Waals surface area contributed by atoms with Crippen molar-refractivity contribution in [3.8, 4) is 0 Å². The Balaban J connectivity index is -0.000000182. The summed E-state index contributed by atoms with van der Waals surface area (Å²) in [5.74, 6) is 0. The molecule has 0 saturated carbocycles. The van der Waals surface area contributed by atoms with Crippen LogP contribution in [0.5, 0.6) is 0 Å². The van der Waals surface area contributed by atoms with Crippen molar-refractivity contribution in [3.05, 3.63) is 79.7 Å². The Kier molecular flexibility index (Phi) is 28.0. The molecule has 0 aliphatic carbocycles. The van der Waals surface area contributed by atoms with Crippen LogP contribution in [0, 0.1) is 6.92 Å². The summed E-state index contributed by atoms with van der Waals surface area (Å²) < 4.78 is 0. The third-order valence-electron chi connectivity index (χ3n) is 1.69. The van der Waals surface area contributed by atoms with Crippen molar-refractivity contribution >= 4 is 0 Å². The second-order valence-electron chi connectivity index (χ2n) is 3.16. The second kappa shape index (κ2) is 22.0. The van der Waals surface area contributed by atoms with Crippen LogP contribution in [0.2, 0.25) is 0 Å². The molecule has 0 aromatic heterocycles. The van der Waals surface area contributed by atoms with Crippen LogP contribution in [-0.4, -0.2) is 0 Å². The molecule has 0 unspecified atom stereocenters. The molecule has 2 radical (unpaired) electrons. The Bertz CT molecular complexity index is 208. The first kappa shape index (κ1) is 22.9. The molecule has 0 aliphatic rings. The maximum absolute atomic E-state index is 3.60. The number of benzene rings is 2. The summed E-state index contributed by atoms with van der Waals surface area (Å²) in [5.41, 5.74) is 0. The predicted molar refractivity (Wildman–Crippen MR) is 75.9 cm³/mol. The minimum Gasteiger partial charge on any atom is -0.0623 e. The van der Waals surface area contributed by atoms with Gasteiger partial charge in [0.05, 0.1) is 0 Å². The summed E-state index contributed by atoms with van der Waals surface area (Å²) in [7, 11) is 0. The van der Waals surface area contributed by atoms with E-state index in [-0.39, 0.29) is 40.8 Å². The second-order valence-corrected chi connectivity index (χ2v) is 3.16. The third-order valence-corrected chi connectivity index (χ3v) is 1.69. The molecule has 0 spiro atoms. The first-order chi connectivity index (χ1) is 7.91. The summed E-state index contributed by atoms with van der Waals surface area (Å²) in [6.07, 6.45) is 2.28. The summed E-state index contributed by atoms with van der Waals surface area (Å²) in [5, 5.41) is 0. The predicted octanol–water partition coefficient (Wildman–Crippen LogP) is 4.45. The van der Waals surface area contributed by atoms with Gasteiger partial charge in [-0.3, -0.25) is 0 Å². The zero-order chi connectivity index (χ0) is 11.9. The maximum Gasteiger partial charge on any atom is -0.0623 e. The third kappa shape index (κ3) is 21.1. The van der Waals surface area contributed by atoms with Crippen LogP contribution in [0.15, 0.2) is 72.8 Å². The van der Waals surface area contributed by atoms with Gasteiger partial charge in [-0.05, 0) is 0 Å². The SMILES string of the molecule is [CH2-]CCC.[ReH].[ReH].c1ccccc1.c1ccccc1. The van der Waals surface area contributed by atoms with Crippen LogP contribution in [0.3, 0.4) is 0 Å². The van der Waals surface area contributed by atoms with E-state index >= 15 is 0 Å². The standard InChI is InChI=1S/2C6H6.C4H9.2Re.2H/c2*1-2-4-6-5-3-1;1-3-4-2;;;;/h2*1-6H;1,3-4H2,2H3;;;;/q;;-1;;;;. The van der Waals surface area contributed by atoms with Crippen molar-refractivity contribution in [3.63, 3.8) is 0 Å². The van der Waals surface area contributed by atoms with Crippen LogP contribution in [0.4, 0.5) is 0 Å². The van der Waals surface area contributed by atoms with Crippen LogP contribution in [-0.2, 0) is 40.8 Å². The van der Waals surface area contributed by atoms with Gasteiger partial charge in [-0.2, -0.15) is 6.42 Å². The van der Waals surface area contributed by atoms with Gasteiger partial charge in [0.1, 0.15) is 0 Å². The normalized spacial score (nSPS) is 7.00. The van der Waals surface area contributed by atoms with E-state index in [0.717, 1.165) is 6.42 Å². The average Bonchev–Trinajstić information content (AvgIpc) is 2.44. The largest absolute Gasteiger partial charge is 0.0623 e. The van der Waals surface area contributed by atoms with Crippen LogP contribution < -0.4 is 0 Å². The number of unbranched alkanes of at least 4 members (excludes halogenated alkanes) is 1. The van der Waals surface area contributed by atoms with Gasteiger partial charge in [-0.1, -0.05) is 86.1 Å². The maximum atomic E-state index is 3.60. The minimum atomic E-state index is 0. The minimum absolute atomic E-state index is 0. The van der Waals surface area contributed by atoms with Crippen molar-refractivity contribution in [1.29, 1.82) is 0 Å². The summed E-state index contributed by atoms with van der Waals surface area (Å²) in [4.78, 5) is 0. The zero-order valence-corrected chi connectivity index (χ0v) is 16.7. The Morgan fingerprint density at radius 2 is 0.667 bits per heavy atom. The number of hydrogen-bond acceptors (Lipinski definition) is 0. The quantitative estimate of drug-likeness (QED) is 0.433. The van der Waals surface area contributed by atoms with E-state index in [1.807, 2.05) is 72.8 Å². The molecular weight excluding hydrogens is 565 g/mol. The van der Waals surface area contributed by atoms with E-state index < -0.39 is 0 Å². The zero-order valence-electron chi connectivity index (χ0n) is 10.9. The molecule has 2 heteroatoms. The fourth-order valence-electron chi connectivity index (χ4n) is 0.770. The van der Waals surface area contributed by atoms with Crippen molar-refractivity contribution in [1.82, 2.24) is 0 Å². The molecule has 0 fully saturated rings. The van der Waals surface area contributed by atoms with Crippen LogP contribution in [0.1, 0.15) is 19.8 Å². The molecule has 0 saturated heterocycles. The molecule has 2 aromatic carbocycles. The Morgan fingerprint density at radius 3 is 0.722 bits per heavy atom. The molecule has 2 aromatic rings. The molecule has 0 amide bonds. The molecular formula is C16H23Re2-. The summed E-state index contributed by atoms with van der Waals surface area (Å²) in [6, 6.07) is 24.0. The fourth-order valence-corrected chi connectivity index (χ4v) is 0.770. The van der Waals surface area contributed by atoms with Gasteiger partial charge in [0, 0.05) is 0 Å². The van der Waals surface area contributed by atoms with Crippen LogP contribution >= 0.6 is 0 Å². The molecule has 0 nitrogen and oxygen atoms in total. The molecule has 0 aliphatic heterocycles. The summed E-state index contributed by atoms with van der Waals surface area (Å²) in [6.45, 7) is 5.72. The fraction of sp³-hybridized carbons (Fsp3) is 0.188. The molecule has 0 atom stereocenters. The van der Waals surface area contributed by atoms with E-state index in [9.17, 15) is 0 Å². The average molecular weight is 588 g/mol. The van der Waals surface area contributed by atoms with Gasteiger partial charge in [0.15, 0.2) is 0 Å². The Labute approximate surface area is 140 Å². The van der Waals surface area contributed by atoms with Gasteiger partial charge in [0.2, 0.25) is 0 Å². The van der Waals surface area contributed by atoms with E-state index in [0.29, 0.717) is 0 Å². The van der Waals surface area contributed by atoms with Crippen molar-refractivity contribution in [2.45, 2.75) is 19.8 Å². The topological polar surface area (TPSA) is 0 Å². The van der Waals surface area contributed by atoms with Gasteiger partial charge in [-0.25, -0.2) is 0 Å². The first-order valence-electron chi connectivity index (χ1n) is 5.71. The molecule has 0 bridgehead atoms. The monoisotopic (exact) mass is 589 g/mol. The number of rotatable bonds is 1. The van der Waals surface area contributed by atoms with Gasteiger partial charge in [-0.15, -0.1) is 0 Å². The van der Waals surface area contributed by atoms with Crippen molar-refractivity contribution < 1.29 is 40.8 Å². The van der Waals surface area contributed by atoms with E-state index in [1.54, 1.807) is 0 Å². The van der Waals surface area contributed by atoms with E-state index in [1.165, 1.54) is 6.42 Å². The van der Waals surface area contributed by atoms with Gasteiger partial charge in [0.25, 0.3) is 0 Å². The van der Waals surface area contributed by atoms with Crippen molar-refractivity contribution in [2.75, 3.05) is 0 Å². The first-order valence-corrected chi connectivity index (χ1v) is 5.71. The molecule has 0 heterocycles. The van der Waals surface area contributed by atoms with E-state index in [4.69, 9.17) is 0 Å². The van der Waals surface area contributed by atoms with Gasteiger partial charge >= 0.3 is 40.8 Å². The molecule has 0 N–H and O–H groups in total. The van der Waals surface area contributed by atoms with E-state index in [2.05, 4.69) is 13.8 Å². The molecule has 18 heavy (non-hydrogen) atoms. The summed E-state index contributed by atoms with van der Waals surface area (Å²) >= 11 is 0. The van der Waals surface area contributed by atoms with Gasteiger partial charge < -0.3 is 6.92 Å². The number of hydrogen-bond donors (Lipinski definition) is 0. The smallest absolute Gasteiger partial charge is 0.0623 e. The Hall–Kier alpha value is -0.235. The van der Waals surface area contributed by atoms with Crippen molar-refractivity contribution in [2.24, 2.45) is 0 Å². The molecule has 2 rings (SSSR count). The van der Waals surface area contributed by atoms with Crippen LogP contribution in [0.25, 0.3) is 0 Å². The molecule has 102 valence electrons.